The number of hydrogen-bond donors (Lipinski definition) is 2. The number of benzene rings is 4. The van der Waals surface area contributed by atoms with Crippen molar-refractivity contribution in [3.63, 3.8) is 0 Å². The second-order valence-electron chi connectivity index (χ2n) is 10.4. The van der Waals surface area contributed by atoms with E-state index in [0.717, 1.165) is 39.0 Å². The fourth-order valence-corrected chi connectivity index (χ4v) is 5.59. The van der Waals surface area contributed by atoms with Gasteiger partial charge in [-0.3, -0.25) is 14.9 Å². The first-order valence-electron chi connectivity index (χ1n) is 14.6. The number of nitrogens with one attached hydrogen (secondary N) is 2. The minimum Gasteiger partial charge on any atom is -1.00 e. The Labute approximate surface area is 276 Å². The zero-order valence-corrected chi connectivity index (χ0v) is 27.2. The van der Waals surface area contributed by atoms with Crippen LogP contribution >= 0.6 is 15.9 Å². The lowest BCUT2D eigenvalue weighted by Crippen LogP contribution is -3.00. The molecule has 3 amide bonds. The number of aryl methyl sites for hydroxylation is 1. The molecule has 2 N–H and O–H groups in total. The van der Waals surface area contributed by atoms with Gasteiger partial charge in [-0.1, -0.05) is 73.7 Å². The molecule has 45 heavy (non-hydrogen) atoms. The molecule has 10 heteroatoms. The normalized spacial score (nSPS) is 10.6. The van der Waals surface area contributed by atoms with Crippen LogP contribution in [-0.4, -0.2) is 37.6 Å². The lowest BCUT2D eigenvalue weighted by Gasteiger charge is -2.23. The summed E-state index contributed by atoms with van der Waals surface area (Å²) in [4.78, 5) is 40.7. The zero-order chi connectivity index (χ0) is 30.9. The lowest BCUT2D eigenvalue weighted by molar-refractivity contribution is -0.697. The number of ether oxygens (including phenoxy) is 1. The molecule has 0 saturated carbocycles. The molecule has 0 atom stereocenters. The van der Waals surface area contributed by atoms with Gasteiger partial charge in [0.2, 0.25) is 5.91 Å². The molecule has 0 aliphatic heterocycles. The van der Waals surface area contributed by atoms with Gasteiger partial charge in [-0.05, 0) is 56.4 Å². The third-order valence-electron chi connectivity index (χ3n) is 7.18. The largest absolute Gasteiger partial charge is 1.00 e. The van der Waals surface area contributed by atoms with Crippen LogP contribution in [0.2, 0.25) is 0 Å². The van der Waals surface area contributed by atoms with Gasteiger partial charge in [0.1, 0.15) is 18.7 Å². The molecule has 5 aromatic rings. The molecule has 232 valence electrons. The summed E-state index contributed by atoms with van der Waals surface area (Å²) in [5.74, 6) is -0.455. The van der Waals surface area contributed by atoms with E-state index < -0.39 is 6.09 Å². The van der Waals surface area contributed by atoms with Crippen LogP contribution in [0.4, 0.5) is 16.2 Å². The third kappa shape index (κ3) is 8.80. The number of pyridine rings is 1. The molecule has 4 aromatic carbocycles. The van der Waals surface area contributed by atoms with Crippen molar-refractivity contribution in [3.8, 4) is 0 Å². The molecule has 1 aromatic heterocycles. The van der Waals surface area contributed by atoms with Crippen molar-refractivity contribution in [3.05, 3.63) is 113 Å². The maximum absolute atomic E-state index is 13.5. The standard InChI is InChI=1S/C35H33BrN4O4.ClH/c1-2-18-39-23-28(21-29(36)24-39)34(42)37-17-16-33(41)40(30-15-14-25-8-3-4-10-27(25)22-30)19-20-44-35(43)38-32-13-7-11-26-9-5-6-12-31(26)32;/h3-15,21-24H,2,16-20H2,1H3,(H-,37,38,42,43);1H. The van der Waals surface area contributed by atoms with Crippen molar-refractivity contribution in [1.82, 2.24) is 5.32 Å². The van der Waals surface area contributed by atoms with Gasteiger partial charge >= 0.3 is 6.09 Å². The molecule has 0 aliphatic carbocycles. The predicted molar refractivity (Wildman–Crippen MR) is 177 cm³/mol. The summed E-state index contributed by atoms with van der Waals surface area (Å²) in [5, 5.41) is 9.63. The van der Waals surface area contributed by atoms with Gasteiger partial charge in [0.25, 0.3) is 5.91 Å². The fourth-order valence-electron chi connectivity index (χ4n) is 5.08. The monoisotopic (exact) mass is 688 g/mol. The molecular weight excluding hydrogens is 656 g/mol. The Bertz CT molecular complexity index is 1810. The average Bonchev–Trinajstić information content (AvgIpc) is 3.03. The van der Waals surface area contributed by atoms with Gasteiger partial charge < -0.3 is 27.4 Å². The van der Waals surface area contributed by atoms with Crippen LogP contribution < -0.4 is 32.5 Å². The van der Waals surface area contributed by atoms with Gasteiger partial charge in [0.15, 0.2) is 12.4 Å². The summed E-state index contributed by atoms with van der Waals surface area (Å²) < 4.78 is 8.27. The second-order valence-corrected chi connectivity index (χ2v) is 11.3. The second kappa shape index (κ2) is 16.0. The topological polar surface area (TPSA) is 91.6 Å². The van der Waals surface area contributed by atoms with E-state index in [9.17, 15) is 14.4 Å². The van der Waals surface area contributed by atoms with E-state index >= 15 is 0 Å². The van der Waals surface area contributed by atoms with Crippen LogP contribution in [0.15, 0.2) is 108 Å². The Balaban J connectivity index is 0.00000461. The zero-order valence-electron chi connectivity index (χ0n) is 24.8. The number of nitrogens with zero attached hydrogens (tertiary/aromatic N) is 2. The lowest BCUT2D eigenvalue weighted by atomic mass is 10.1. The molecule has 0 spiro atoms. The summed E-state index contributed by atoms with van der Waals surface area (Å²) in [7, 11) is 0. The van der Waals surface area contributed by atoms with Crippen LogP contribution in [0.5, 0.6) is 0 Å². The van der Waals surface area contributed by atoms with Crippen LogP contribution in [0.1, 0.15) is 30.1 Å². The van der Waals surface area contributed by atoms with Crippen molar-refractivity contribution < 1.29 is 36.1 Å². The molecule has 0 fully saturated rings. The maximum atomic E-state index is 13.5. The van der Waals surface area contributed by atoms with Crippen LogP contribution in [0.3, 0.4) is 0 Å². The summed E-state index contributed by atoms with van der Waals surface area (Å²) in [6, 6.07) is 28.9. The Hall–Kier alpha value is -4.47. The van der Waals surface area contributed by atoms with E-state index in [1.165, 1.54) is 0 Å². The summed E-state index contributed by atoms with van der Waals surface area (Å²) in [5.41, 5.74) is 1.85. The van der Waals surface area contributed by atoms with Crippen molar-refractivity contribution in [2.45, 2.75) is 26.3 Å². The number of halogens is 2. The van der Waals surface area contributed by atoms with E-state index in [4.69, 9.17) is 4.74 Å². The first kappa shape index (κ1) is 33.4. The number of fused-ring (bicyclic) bond motifs is 2. The Morgan fingerprint density at radius 3 is 2.40 bits per heavy atom. The van der Waals surface area contributed by atoms with Gasteiger partial charge in [0.05, 0.1) is 16.7 Å². The third-order valence-corrected chi connectivity index (χ3v) is 7.61. The van der Waals surface area contributed by atoms with Gasteiger partial charge in [-0.2, -0.15) is 0 Å². The number of rotatable bonds is 11. The average molecular weight is 690 g/mol. The molecule has 0 aliphatic rings. The van der Waals surface area contributed by atoms with Crippen molar-refractivity contribution in [1.29, 1.82) is 0 Å². The van der Waals surface area contributed by atoms with E-state index in [1.54, 1.807) is 17.2 Å². The van der Waals surface area contributed by atoms with E-state index in [0.29, 0.717) is 16.9 Å². The molecule has 8 nitrogen and oxygen atoms in total. The highest BCUT2D eigenvalue weighted by molar-refractivity contribution is 9.10. The Morgan fingerprint density at radius 1 is 0.867 bits per heavy atom. The molecule has 0 unspecified atom stereocenters. The highest BCUT2D eigenvalue weighted by Gasteiger charge is 2.19. The van der Waals surface area contributed by atoms with Crippen LogP contribution in [-0.2, 0) is 16.1 Å². The minimum absolute atomic E-state index is 0. The first-order valence-corrected chi connectivity index (χ1v) is 15.4. The Morgan fingerprint density at radius 2 is 1.60 bits per heavy atom. The summed E-state index contributed by atoms with van der Waals surface area (Å²) in [6.07, 6.45) is 4.14. The number of hydrogen-bond acceptors (Lipinski definition) is 4. The SMILES string of the molecule is CCC[n+]1cc(Br)cc(C(=O)NCCC(=O)N(CCOC(=O)Nc2cccc3ccccc23)c2ccc3ccccc3c2)c1.[Cl-]. The van der Waals surface area contributed by atoms with Gasteiger partial charge in [0, 0.05) is 30.5 Å². The fraction of sp³-hybridized carbons (Fsp3) is 0.200. The molecule has 0 bridgehead atoms. The van der Waals surface area contributed by atoms with E-state index in [-0.39, 0.29) is 50.3 Å². The van der Waals surface area contributed by atoms with Crippen LogP contribution in [0.25, 0.3) is 21.5 Å². The molecule has 1 heterocycles. The van der Waals surface area contributed by atoms with Crippen LogP contribution in [0, 0.1) is 0 Å². The van der Waals surface area contributed by atoms with E-state index in [2.05, 4.69) is 33.5 Å². The smallest absolute Gasteiger partial charge is 0.411 e. The van der Waals surface area contributed by atoms with Gasteiger partial charge in [-0.25, -0.2) is 9.36 Å². The summed E-state index contributed by atoms with van der Waals surface area (Å²) >= 11 is 3.47. The van der Waals surface area contributed by atoms with Crippen molar-refractivity contribution in [2.24, 2.45) is 0 Å². The molecule has 0 radical (unpaired) electrons. The first-order chi connectivity index (χ1) is 21.4. The van der Waals surface area contributed by atoms with Gasteiger partial charge in [-0.15, -0.1) is 0 Å². The van der Waals surface area contributed by atoms with Crippen molar-refractivity contribution in [2.75, 3.05) is 29.9 Å². The number of anilines is 2. The quantitative estimate of drug-likeness (QED) is 0.206. The number of aromatic nitrogens is 1. The maximum Gasteiger partial charge on any atom is 0.411 e. The number of amides is 3. The summed E-state index contributed by atoms with van der Waals surface area (Å²) in [6.45, 7) is 3.15. The molecule has 0 saturated heterocycles. The minimum atomic E-state index is -0.603. The predicted octanol–water partition coefficient (Wildman–Crippen LogP) is 3.86. The van der Waals surface area contributed by atoms with Crippen molar-refractivity contribution >= 4 is 66.8 Å². The Kier molecular flexibility index (Phi) is 11.9. The number of carbonyl (C=O) groups excluding carboxylic acids is 3. The molecule has 5 rings (SSSR count). The highest BCUT2D eigenvalue weighted by Crippen LogP contribution is 2.24. The highest BCUT2D eigenvalue weighted by atomic mass is 79.9. The molecular formula is C35H34BrClN4O4. The van der Waals surface area contributed by atoms with E-state index in [1.807, 2.05) is 95.7 Å². The number of carbonyl (C=O) groups is 3.